The molecule has 2 rings (SSSR count). The van der Waals surface area contributed by atoms with Gasteiger partial charge in [0, 0.05) is 13.7 Å². The molecule has 0 spiro atoms. The van der Waals surface area contributed by atoms with Gasteiger partial charge in [-0.3, -0.25) is 0 Å². The van der Waals surface area contributed by atoms with Crippen LogP contribution in [0.2, 0.25) is 0 Å². The van der Waals surface area contributed by atoms with Crippen molar-refractivity contribution >= 4 is 0 Å². The molecule has 0 bridgehead atoms. The zero-order valence-electron chi connectivity index (χ0n) is 9.54. The Morgan fingerprint density at radius 2 is 2.07 bits per heavy atom. The van der Waals surface area contributed by atoms with E-state index in [1.807, 2.05) is 0 Å². The summed E-state index contributed by atoms with van der Waals surface area (Å²) in [6.07, 6.45) is 6.44. The van der Waals surface area contributed by atoms with E-state index in [1.165, 1.54) is 32.1 Å². The maximum atomic E-state index is 5.10. The molecular formula is C14H20O. The van der Waals surface area contributed by atoms with Gasteiger partial charge in [-0.05, 0) is 49.1 Å². The third kappa shape index (κ3) is 2.82. The lowest BCUT2D eigenvalue weighted by atomic mass is 9.82. The van der Waals surface area contributed by atoms with Crippen molar-refractivity contribution in [3.05, 3.63) is 35.4 Å². The lowest BCUT2D eigenvalue weighted by molar-refractivity contribution is 0.185. The molecule has 15 heavy (non-hydrogen) atoms. The first-order valence-corrected chi connectivity index (χ1v) is 5.96. The second kappa shape index (κ2) is 5.32. The summed E-state index contributed by atoms with van der Waals surface area (Å²) in [5.74, 6) is 0.884. The molecule has 1 aliphatic carbocycles. The van der Waals surface area contributed by atoms with Crippen molar-refractivity contribution in [1.82, 2.24) is 0 Å². The van der Waals surface area contributed by atoms with Crippen molar-refractivity contribution in [3.8, 4) is 0 Å². The Hall–Kier alpha value is -0.820. The van der Waals surface area contributed by atoms with Crippen molar-refractivity contribution in [1.29, 1.82) is 0 Å². The number of fused-ring (bicyclic) bond motifs is 1. The Morgan fingerprint density at radius 3 is 2.87 bits per heavy atom. The first-order chi connectivity index (χ1) is 7.40. The van der Waals surface area contributed by atoms with Crippen LogP contribution in [0.15, 0.2) is 24.3 Å². The highest BCUT2D eigenvalue weighted by atomic mass is 16.5. The second-order valence-corrected chi connectivity index (χ2v) is 4.51. The predicted molar refractivity (Wildman–Crippen MR) is 63.1 cm³/mol. The summed E-state index contributed by atoms with van der Waals surface area (Å²) in [5, 5.41) is 0. The maximum Gasteiger partial charge on any atom is 0.0462 e. The first-order valence-electron chi connectivity index (χ1n) is 5.96. The Morgan fingerprint density at radius 1 is 1.27 bits per heavy atom. The lowest BCUT2D eigenvalue weighted by Crippen LogP contribution is -2.14. The zero-order chi connectivity index (χ0) is 10.5. The molecule has 0 aromatic heterocycles. The highest BCUT2D eigenvalue weighted by Gasteiger charge is 2.17. The molecule has 0 aliphatic heterocycles. The molecule has 0 heterocycles. The number of hydrogen-bond donors (Lipinski definition) is 0. The summed E-state index contributed by atoms with van der Waals surface area (Å²) in [7, 11) is 1.79. The van der Waals surface area contributed by atoms with Gasteiger partial charge in [0.2, 0.25) is 0 Å². The maximum absolute atomic E-state index is 5.10. The van der Waals surface area contributed by atoms with Gasteiger partial charge in [-0.1, -0.05) is 24.3 Å². The monoisotopic (exact) mass is 204 g/mol. The average Bonchev–Trinajstić information content (AvgIpc) is 2.29. The highest BCUT2D eigenvalue weighted by molar-refractivity contribution is 5.29. The van der Waals surface area contributed by atoms with Gasteiger partial charge in [0.15, 0.2) is 0 Å². The van der Waals surface area contributed by atoms with E-state index < -0.39 is 0 Å². The Labute approximate surface area is 92.5 Å². The van der Waals surface area contributed by atoms with Gasteiger partial charge in [0.1, 0.15) is 0 Å². The fourth-order valence-corrected chi connectivity index (χ4v) is 2.54. The van der Waals surface area contributed by atoms with Crippen LogP contribution in [-0.2, 0) is 17.6 Å². The van der Waals surface area contributed by atoms with E-state index in [0.29, 0.717) is 0 Å². The molecule has 0 amide bonds. The Bertz CT molecular complexity index is 306. The van der Waals surface area contributed by atoms with Gasteiger partial charge in [0.25, 0.3) is 0 Å². The van der Waals surface area contributed by atoms with Crippen LogP contribution in [0.1, 0.15) is 30.4 Å². The summed E-state index contributed by atoms with van der Waals surface area (Å²) in [4.78, 5) is 0. The first kappa shape index (κ1) is 10.7. The van der Waals surface area contributed by atoms with E-state index in [1.54, 1.807) is 18.2 Å². The number of aryl methyl sites for hydroxylation is 1. The fourth-order valence-electron chi connectivity index (χ4n) is 2.54. The van der Waals surface area contributed by atoms with E-state index >= 15 is 0 Å². The predicted octanol–water partition coefficient (Wildman–Crippen LogP) is 3.22. The summed E-state index contributed by atoms with van der Waals surface area (Å²) >= 11 is 0. The third-order valence-electron chi connectivity index (χ3n) is 3.41. The molecule has 1 aromatic carbocycles. The standard InChI is InChI=1S/C14H20O/c1-15-10-4-5-12-8-9-13-6-2-3-7-14(13)11-12/h2-3,6-7,12H,4-5,8-11H2,1H3. The van der Waals surface area contributed by atoms with Gasteiger partial charge in [0.05, 0.1) is 0 Å². The van der Waals surface area contributed by atoms with E-state index in [2.05, 4.69) is 24.3 Å². The number of hydrogen-bond acceptors (Lipinski definition) is 1. The van der Waals surface area contributed by atoms with Crippen molar-refractivity contribution < 1.29 is 4.74 Å². The normalized spacial score (nSPS) is 19.9. The number of ether oxygens (including phenoxy) is 1. The molecule has 0 N–H and O–H groups in total. The molecule has 1 nitrogen and oxygen atoms in total. The van der Waals surface area contributed by atoms with Crippen molar-refractivity contribution in [3.63, 3.8) is 0 Å². The van der Waals surface area contributed by atoms with Crippen molar-refractivity contribution in [2.45, 2.75) is 32.1 Å². The highest BCUT2D eigenvalue weighted by Crippen LogP contribution is 2.27. The molecule has 0 saturated heterocycles. The quantitative estimate of drug-likeness (QED) is 0.684. The van der Waals surface area contributed by atoms with Crippen LogP contribution in [0, 0.1) is 5.92 Å². The third-order valence-corrected chi connectivity index (χ3v) is 3.41. The molecule has 1 heteroatoms. The fraction of sp³-hybridized carbons (Fsp3) is 0.571. The van der Waals surface area contributed by atoms with Crippen LogP contribution in [-0.4, -0.2) is 13.7 Å². The van der Waals surface area contributed by atoms with Gasteiger partial charge in [-0.2, -0.15) is 0 Å². The molecule has 0 fully saturated rings. The molecular weight excluding hydrogens is 184 g/mol. The number of methoxy groups -OCH3 is 1. The smallest absolute Gasteiger partial charge is 0.0462 e. The van der Waals surface area contributed by atoms with E-state index in [-0.39, 0.29) is 0 Å². The van der Waals surface area contributed by atoms with Crippen molar-refractivity contribution in [2.75, 3.05) is 13.7 Å². The van der Waals surface area contributed by atoms with Gasteiger partial charge < -0.3 is 4.74 Å². The van der Waals surface area contributed by atoms with Crippen LogP contribution >= 0.6 is 0 Å². The second-order valence-electron chi connectivity index (χ2n) is 4.51. The van der Waals surface area contributed by atoms with E-state index in [9.17, 15) is 0 Å². The topological polar surface area (TPSA) is 9.23 Å². The minimum Gasteiger partial charge on any atom is -0.385 e. The minimum absolute atomic E-state index is 0.884. The van der Waals surface area contributed by atoms with Gasteiger partial charge >= 0.3 is 0 Å². The Balaban J connectivity index is 1.88. The molecule has 0 saturated carbocycles. The van der Waals surface area contributed by atoms with Crippen LogP contribution in [0.5, 0.6) is 0 Å². The number of benzene rings is 1. The Kier molecular flexibility index (Phi) is 3.79. The minimum atomic E-state index is 0.884. The van der Waals surface area contributed by atoms with E-state index in [4.69, 9.17) is 4.74 Å². The van der Waals surface area contributed by atoms with Gasteiger partial charge in [-0.15, -0.1) is 0 Å². The zero-order valence-corrected chi connectivity index (χ0v) is 9.54. The molecule has 0 radical (unpaired) electrons. The van der Waals surface area contributed by atoms with Gasteiger partial charge in [-0.25, -0.2) is 0 Å². The SMILES string of the molecule is COCCCC1CCc2ccccc2C1. The number of rotatable bonds is 4. The van der Waals surface area contributed by atoms with Crippen molar-refractivity contribution in [2.24, 2.45) is 5.92 Å². The summed E-state index contributed by atoms with van der Waals surface area (Å²) in [5.41, 5.74) is 3.15. The van der Waals surface area contributed by atoms with Crippen LogP contribution in [0.3, 0.4) is 0 Å². The molecule has 1 unspecified atom stereocenters. The largest absolute Gasteiger partial charge is 0.385 e. The summed E-state index contributed by atoms with van der Waals surface area (Å²) in [6, 6.07) is 8.89. The molecule has 1 aliphatic rings. The molecule has 82 valence electrons. The van der Waals surface area contributed by atoms with Crippen LogP contribution < -0.4 is 0 Å². The summed E-state index contributed by atoms with van der Waals surface area (Å²) < 4.78 is 5.10. The van der Waals surface area contributed by atoms with Crippen LogP contribution in [0.25, 0.3) is 0 Å². The van der Waals surface area contributed by atoms with E-state index in [0.717, 1.165) is 12.5 Å². The lowest BCUT2D eigenvalue weighted by Gasteiger charge is -2.24. The summed E-state index contributed by atoms with van der Waals surface area (Å²) in [6.45, 7) is 0.915. The molecule has 1 aromatic rings. The average molecular weight is 204 g/mol. The van der Waals surface area contributed by atoms with Crippen LogP contribution in [0.4, 0.5) is 0 Å². The molecule has 1 atom stereocenters.